The van der Waals surface area contributed by atoms with E-state index in [1.165, 1.54) is 25.2 Å². The second kappa shape index (κ2) is 13.2. The average Bonchev–Trinajstić information content (AvgIpc) is 2.91. The minimum atomic E-state index is -3.59. The van der Waals surface area contributed by atoms with Gasteiger partial charge in [-0.05, 0) is 66.8 Å². The number of nitrogens with zero attached hydrogens (tertiary/aromatic N) is 1. The molecular weight excluding hydrogens is 521 g/mol. The maximum atomic E-state index is 13.3. The molecule has 0 heterocycles. The summed E-state index contributed by atoms with van der Waals surface area (Å²) < 4.78 is 44.6. The van der Waals surface area contributed by atoms with Gasteiger partial charge in [0, 0.05) is 12.6 Å². The predicted molar refractivity (Wildman–Crippen MR) is 150 cm³/mol. The lowest BCUT2D eigenvalue weighted by molar-refractivity contribution is 0.0420. The van der Waals surface area contributed by atoms with Crippen molar-refractivity contribution in [1.82, 2.24) is 5.32 Å². The first-order valence-electron chi connectivity index (χ1n) is 12.6. The lowest BCUT2D eigenvalue weighted by Crippen LogP contribution is -2.48. The van der Waals surface area contributed by atoms with Gasteiger partial charge in [-0.15, -0.1) is 0 Å². The number of anilines is 1. The molecule has 0 radical (unpaired) electrons. The smallest absolute Gasteiger partial charge is 0.251 e. The molecule has 0 saturated carbocycles. The normalized spacial score (nSPS) is 13.9. The molecule has 4 N–H and O–H groups in total. The third-order valence-corrected chi connectivity index (χ3v) is 7.75. The summed E-state index contributed by atoms with van der Waals surface area (Å²) in [6, 6.07) is 19.9. The van der Waals surface area contributed by atoms with E-state index in [4.69, 9.17) is 10.5 Å². The van der Waals surface area contributed by atoms with Crippen LogP contribution >= 0.6 is 0 Å². The SMILES string of the molecule is C[C@@H](NC(=O)c1cc(COCC(N)(CO)CCc2ccccc2)cc(N(C)S(C)(=O)=O)c1)c1ccc(F)cc1. The number of hydrogen-bond acceptors (Lipinski definition) is 6. The summed E-state index contributed by atoms with van der Waals surface area (Å²) in [5.74, 6) is -0.801. The van der Waals surface area contributed by atoms with Crippen molar-refractivity contribution in [3.05, 3.63) is 101 Å². The number of sulfonamides is 1. The van der Waals surface area contributed by atoms with Crippen LogP contribution in [-0.4, -0.2) is 51.5 Å². The van der Waals surface area contributed by atoms with E-state index in [2.05, 4.69) is 5.32 Å². The van der Waals surface area contributed by atoms with Gasteiger partial charge in [-0.2, -0.15) is 0 Å². The van der Waals surface area contributed by atoms with Crippen LogP contribution in [0.15, 0.2) is 72.8 Å². The summed E-state index contributed by atoms with van der Waals surface area (Å²) in [5.41, 5.74) is 8.33. The summed E-state index contributed by atoms with van der Waals surface area (Å²) in [5, 5.41) is 12.8. The fraction of sp³-hybridized carbons (Fsp3) is 0.345. The second-order valence-corrected chi connectivity index (χ2v) is 11.9. The summed E-state index contributed by atoms with van der Waals surface area (Å²) in [6.07, 6.45) is 2.25. The second-order valence-electron chi connectivity index (χ2n) is 9.86. The number of aliphatic hydroxyl groups is 1. The van der Waals surface area contributed by atoms with Crippen molar-refractivity contribution in [2.75, 3.05) is 30.8 Å². The molecule has 0 aliphatic carbocycles. The lowest BCUT2D eigenvalue weighted by Gasteiger charge is -2.27. The van der Waals surface area contributed by atoms with Crippen molar-refractivity contribution in [1.29, 1.82) is 0 Å². The van der Waals surface area contributed by atoms with E-state index >= 15 is 0 Å². The van der Waals surface area contributed by atoms with Crippen molar-refractivity contribution in [3.63, 3.8) is 0 Å². The monoisotopic (exact) mass is 557 g/mol. The van der Waals surface area contributed by atoms with Crippen molar-refractivity contribution < 1.29 is 27.4 Å². The van der Waals surface area contributed by atoms with E-state index in [0.29, 0.717) is 24.1 Å². The molecule has 1 amide bonds. The molecule has 8 nitrogen and oxygen atoms in total. The molecule has 0 fully saturated rings. The van der Waals surface area contributed by atoms with Gasteiger partial charge in [-0.25, -0.2) is 12.8 Å². The summed E-state index contributed by atoms with van der Waals surface area (Å²) >= 11 is 0. The largest absolute Gasteiger partial charge is 0.394 e. The van der Waals surface area contributed by atoms with Gasteiger partial charge in [0.2, 0.25) is 10.0 Å². The van der Waals surface area contributed by atoms with Gasteiger partial charge in [0.1, 0.15) is 5.82 Å². The number of carbonyl (C=O) groups excluding carboxylic acids is 1. The Labute approximate surface area is 229 Å². The molecule has 0 bridgehead atoms. The zero-order chi connectivity index (χ0) is 28.6. The number of hydrogen-bond donors (Lipinski definition) is 3. The highest BCUT2D eigenvalue weighted by molar-refractivity contribution is 7.92. The molecule has 0 saturated heterocycles. The van der Waals surface area contributed by atoms with Crippen LogP contribution in [0.2, 0.25) is 0 Å². The molecule has 0 aliphatic heterocycles. The number of carbonyl (C=O) groups is 1. The summed E-state index contributed by atoms with van der Waals surface area (Å²) in [4.78, 5) is 13.1. The lowest BCUT2D eigenvalue weighted by atomic mass is 9.94. The Bertz CT molecular complexity index is 1350. The fourth-order valence-electron chi connectivity index (χ4n) is 3.98. The summed E-state index contributed by atoms with van der Waals surface area (Å²) in [6.45, 7) is 1.60. The molecule has 3 rings (SSSR count). The molecule has 0 spiro atoms. The Balaban J connectivity index is 1.75. The maximum absolute atomic E-state index is 13.3. The van der Waals surface area contributed by atoms with Crippen LogP contribution in [0.25, 0.3) is 0 Å². The molecule has 0 aromatic heterocycles. The minimum absolute atomic E-state index is 0.0452. The number of nitrogens with two attached hydrogens (primary N) is 1. The van der Waals surface area contributed by atoms with Gasteiger partial charge in [-0.1, -0.05) is 42.5 Å². The first-order valence-corrected chi connectivity index (χ1v) is 14.4. The van der Waals surface area contributed by atoms with Crippen LogP contribution in [0.3, 0.4) is 0 Å². The standard InChI is InChI=1S/C29H36FN3O5S/c1-21(24-9-11-26(30)12-10-24)32-28(35)25-15-23(16-27(17-25)33(2)39(3,36)37)18-38-20-29(31,19-34)14-13-22-7-5-4-6-8-22/h4-12,15-17,21,34H,13-14,18-20,31H2,1-3H3,(H,32,35)/t21-,29?/m1/s1. The number of aryl methyl sites for hydroxylation is 1. The zero-order valence-electron chi connectivity index (χ0n) is 22.4. The van der Waals surface area contributed by atoms with Crippen molar-refractivity contribution in [2.24, 2.45) is 5.73 Å². The predicted octanol–water partition coefficient (Wildman–Crippen LogP) is 3.55. The molecule has 39 heavy (non-hydrogen) atoms. The molecule has 2 atom stereocenters. The average molecular weight is 558 g/mol. The van der Waals surface area contributed by atoms with Gasteiger partial charge >= 0.3 is 0 Å². The first kappa shape index (κ1) is 30.2. The number of rotatable bonds is 13. The Kier molecular flexibility index (Phi) is 10.2. The number of halogens is 1. The highest BCUT2D eigenvalue weighted by atomic mass is 32.2. The molecule has 1 unspecified atom stereocenters. The minimum Gasteiger partial charge on any atom is -0.394 e. The Morgan fingerprint density at radius 3 is 2.38 bits per heavy atom. The molecular formula is C29H36FN3O5S. The van der Waals surface area contributed by atoms with Crippen LogP contribution < -0.4 is 15.4 Å². The van der Waals surface area contributed by atoms with Crippen LogP contribution in [-0.2, 0) is 27.8 Å². The maximum Gasteiger partial charge on any atom is 0.251 e. The van der Waals surface area contributed by atoms with Gasteiger partial charge in [-0.3, -0.25) is 9.10 Å². The third kappa shape index (κ3) is 8.86. The van der Waals surface area contributed by atoms with Crippen molar-refractivity contribution in [2.45, 2.75) is 38.0 Å². The van der Waals surface area contributed by atoms with Gasteiger partial charge < -0.3 is 20.9 Å². The molecule has 0 aliphatic rings. The highest BCUT2D eigenvalue weighted by Crippen LogP contribution is 2.23. The Morgan fingerprint density at radius 2 is 1.77 bits per heavy atom. The number of amides is 1. The molecule has 3 aromatic carbocycles. The van der Waals surface area contributed by atoms with Crippen molar-refractivity contribution >= 4 is 21.6 Å². The third-order valence-electron chi connectivity index (χ3n) is 6.55. The van der Waals surface area contributed by atoms with E-state index in [1.807, 2.05) is 30.3 Å². The molecule has 3 aromatic rings. The van der Waals surface area contributed by atoms with Crippen LogP contribution in [0.1, 0.15) is 46.4 Å². The van der Waals surface area contributed by atoms with Crippen LogP contribution in [0.4, 0.5) is 10.1 Å². The van der Waals surface area contributed by atoms with E-state index in [9.17, 15) is 22.7 Å². The zero-order valence-corrected chi connectivity index (χ0v) is 23.2. The van der Waals surface area contributed by atoms with E-state index in [0.717, 1.165) is 21.7 Å². The first-order chi connectivity index (χ1) is 18.4. The Morgan fingerprint density at radius 1 is 1.10 bits per heavy atom. The number of benzene rings is 3. The Hall–Kier alpha value is -3.31. The summed E-state index contributed by atoms with van der Waals surface area (Å²) in [7, 11) is -2.19. The van der Waals surface area contributed by atoms with Crippen molar-refractivity contribution in [3.8, 4) is 0 Å². The highest BCUT2D eigenvalue weighted by Gasteiger charge is 2.25. The fourth-order valence-corrected chi connectivity index (χ4v) is 4.47. The van der Waals surface area contributed by atoms with Crippen LogP contribution in [0, 0.1) is 5.82 Å². The quantitative estimate of drug-likeness (QED) is 0.296. The number of aliphatic hydroxyl groups excluding tert-OH is 1. The van der Waals surface area contributed by atoms with Gasteiger partial charge in [0.05, 0.1) is 43.3 Å². The van der Waals surface area contributed by atoms with E-state index < -0.39 is 27.5 Å². The number of nitrogens with one attached hydrogen (secondary N) is 1. The number of ether oxygens (including phenoxy) is 1. The molecule has 10 heteroatoms. The van der Waals surface area contributed by atoms with Gasteiger partial charge in [0.25, 0.3) is 5.91 Å². The van der Waals surface area contributed by atoms with Crippen LogP contribution in [0.5, 0.6) is 0 Å². The van der Waals surface area contributed by atoms with E-state index in [1.54, 1.807) is 31.2 Å². The topological polar surface area (TPSA) is 122 Å². The molecule has 210 valence electrons. The van der Waals surface area contributed by atoms with E-state index in [-0.39, 0.29) is 31.2 Å². The van der Waals surface area contributed by atoms with Gasteiger partial charge in [0.15, 0.2) is 0 Å².